The standard InChI is InChI=1S/C14H13FN4/c1-2-19-12-5-4-10(15)7-11(12)18-14(19)9-3-6-13(16)17-8-9/h3-8H,2H2,1H3,(H2,16,17). The largest absolute Gasteiger partial charge is 0.384 e. The molecular formula is C14H13FN4. The summed E-state index contributed by atoms with van der Waals surface area (Å²) < 4.78 is 15.3. The smallest absolute Gasteiger partial charge is 0.142 e. The molecule has 0 aliphatic heterocycles. The van der Waals surface area contributed by atoms with Gasteiger partial charge in [0.2, 0.25) is 0 Å². The summed E-state index contributed by atoms with van der Waals surface area (Å²) in [6.07, 6.45) is 1.68. The minimum absolute atomic E-state index is 0.282. The van der Waals surface area contributed by atoms with Gasteiger partial charge >= 0.3 is 0 Å². The second-order valence-corrected chi connectivity index (χ2v) is 4.28. The van der Waals surface area contributed by atoms with Crippen LogP contribution >= 0.6 is 0 Å². The van der Waals surface area contributed by atoms with E-state index in [4.69, 9.17) is 5.73 Å². The molecule has 0 fully saturated rings. The third-order valence-corrected chi connectivity index (χ3v) is 3.07. The molecule has 1 aromatic carbocycles. The van der Waals surface area contributed by atoms with Crippen molar-refractivity contribution in [2.75, 3.05) is 5.73 Å². The van der Waals surface area contributed by atoms with Gasteiger partial charge in [-0.3, -0.25) is 0 Å². The van der Waals surface area contributed by atoms with E-state index in [1.165, 1.54) is 12.1 Å². The summed E-state index contributed by atoms with van der Waals surface area (Å²) in [5.74, 6) is 0.958. The molecule has 0 aliphatic carbocycles. The fourth-order valence-electron chi connectivity index (χ4n) is 2.18. The third kappa shape index (κ3) is 1.93. The van der Waals surface area contributed by atoms with Crippen LogP contribution in [-0.2, 0) is 6.54 Å². The minimum atomic E-state index is -0.282. The van der Waals surface area contributed by atoms with E-state index in [-0.39, 0.29) is 5.82 Å². The van der Waals surface area contributed by atoms with Gasteiger partial charge in [0.15, 0.2) is 0 Å². The van der Waals surface area contributed by atoms with Crippen molar-refractivity contribution in [1.29, 1.82) is 0 Å². The van der Waals surface area contributed by atoms with Crippen molar-refractivity contribution in [2.45, 2.75) is 13.5 Å². The molecule has 2 aromatic heterocycles. The number of anilines is 1. The fraction of sp³-hybridized carbons (Fsp3) is 0.143. The van der Waals surface area contributed by atoms with E-state index in [1.807, 2.05) is 17.6 Å². The Morgan fingerprint density at radius 2 is 2.11 bits per heavy atom. The first-order chi connectivity index (χ1) is 9.19. The number of nitrogens with two attached hydrogens (primary N) is 1. The molecule has 0 unspecified atom stereocenters. The van der Waals surface area contributed by atoms with E-state index >= 15 is 0 Å². The molecule has 5 heteroatoms. The lowest BCUT2D eigenvalue weighted by Crippen LogP contribution is -1.98. The number of nitrogen functional groups attached to an aromatic ring is 1. The van der Waals surface area contributed by atoms with Gasteiger partial charge in [-0.2, -0.15) is 0 Å². The summed E-state index contributed by atoms with van der Waals surface area (Å²) in [5, 5.41) is 0. The van der Waals surface area contributed by atoms with Gasteiger partial charge in [0.1, 0.15) is 17.5 Å². The van der Waals surface area contributed by atoms with Gasteiger partial charge in [-0.1, -0.05) is 0 Å². The second-order valence-electron chi connectivity index (χ2n) is 4.28. The van der Waals surface area contributed by atoms with E-state index < -0.39 is 0 Å². The topological polar surface area (TPSA) is 56.7 Å². The summed E-state index contributed by atoms with van der Waals surface area (Å²) in [6.45, 7) is 2.78. The predicted octanol–water partition coefficient (Wildman–Crippen LogP) is 2.84. The van der Waals surface area contributed by atoms with Crippen LogP contribution in [0.25, 0.3) is 22.4 Å². The first-order valence-electron chi connectivity index (χ1n) is 6.06. The number of hydrogen-bond donors (Lipinski definition) is 1. The van der Waals surface area contributed by atoms with Crippen LogP contribution in [0.2, 0.25) is 0 Å². The van der Waals surface area contributed by atoms with Crippen molar-refractivity contribution in [1.82, 2.24) is 14.5 Å². The van der Waals surface area contributed by atoms with Gasteiger partial charge in [0, 0.05) is 24.4 Å². The normalized spacial score (nSPS) is 11.1. The van der Waals surface area contributed by atoms with E-state index in [1.54, 1.807) is 18.3 Å². The Bertz CT molecular complexity index is 731. The number of rotatable bonds is 2. The number of nitrogens with zero attached hydrogens (tertiary/aromatic N) is 3. The van der Waals surface area contributed by atoms with E-state index in [2.05, 4.69) is 9.97 Å². The molecule has 0 saturated heterocycles. The Morgan fingerprint density at radius 3 is 2.79 bits per heavy atom. The molecular weight excluding hydrogens is 243 g/mol. The number of hydrogen-bond acceptors (Lipinski definition) is 3. The van der Waals surface area contributed by atoms with Crippen LogP contribution in [-0.4, -0.2) is 14.5 Å². The van der Waals surface area contributed by atoms with Crippen molar-refractivity contribution < 1.29 is 4.39 Å². The van der Waals surface area contributed by atoms with E-state index in [0.29, 0.717) is 11.3 Å². The number of aryl methyl sites for hydroxylation is 1. The molecule has 4 nitrogen and oxygen atoms in total. The highest BCUT2D eigenvalue weighted by atomic mass is 19.1. The number of fused-ring (bicyclic) bond motifs is 1. The highest BCUT2D eigenvalue weighted by Gasteiger charge is 2.12. The summed E-state index contributed by atoms with van der Waals surface area (Å²) in [6, 6.07) is 8.23. The van der Waals surface area contributed by atoms with Crippen LogP contribution in [0.5, 0.6) is 0 Å². The van der Waals surface area contributed by atoms with Crippen molar-refractivity contribution >= 4 is 16.9 Å². The molecule has 19 heavy (non-hydrogen) atoms. The highest BCUT2D eigenvalue weighted by molar-refractivity contribution is 5.80. The zero-order valence-electron chi connectivity index (χ0n) is 10.5. The lowest BCUT2D eigenvalue weighted by Gasteiger charge is -2.05. The third-order valence-electron chi connectivity index (χ3n) is 3.07. The number of aromatic nitrogens is 3. The van der Waals surface area contributed by atoms with Crippen LogP contribution in [0.4, 0.5) is 10.2 Å². The Kier molecular flexibility index (Phi) is 2.67. The van der Waals surface area contributed by atoms with E-state index in [9.17, 15) is 4.39 Å². The van der Waals surface area contributed by atoms with Gasteiger partial charge in [-0.25, -0.2) is 14.4 Å². The molecule has 0 radical (unpaired) electrons. The Hall–Kier alpha value is -2.43. The van der Waals surface area contributed by atoms with Gasteiger partial charge in [0.25, 0.3) is 0 Å². The lowest BCUT2D eigenvalue weighted by molar-refractivity contribution is 0.629. The summed E-state index contributed by atoms with van der Waals surface area (Å²) in [7, 11) is 0. The molecule has 0 amide bonds. The maximum Gasteiger partial charge on any atom is 0.142 e. The quantitative estimate of drug-likeness (QED) is 0.767. The maximum atomic E-state index is 13.3. The number of benzene rings is 1. The summed E-state index contributed by atoms with van der Waals surface area (Å²) in [5.41, 5.74) is 8.01. The SMILES string of the molecule is CCn1c(-c2ccc(N)nc2)nc2cc(F)ccc21. The molecule has 96 valence electrons. The van der Waals surface area contributed by atoms with Crippen LogP contribution in [0.3, 0.4) is 0 Å². The Balaban J connectivity index is 2.25. The van der Waals surface area contributed by atoms with Crippen molar-refractivity contribution in [2.24, 2.45) is 0 Å². The first kappa shape index (κ1) is 11.6. The number of imidazole rings is 1. The van der Waals surface area contributed by atoms with E-state index in [0.717, 1.165) is 23.4 Å². The fourth-order valence-corrected chi connectivity index (χ4v) is 2.18. The molecule has 2 N–H and O–H groups in total. The van der Waals surface area contributed by atoms with Crippen LogP contribution in [0, 0.1) is 5.82 Å². The average molecular weight is 256 g/mol. The average Bonchev–Trinajstić information content (AvgIpc) is 2.77. The van der Waals surface area contributed by atoms with Gasteiger partial charge in [0.05, 0.1) is 11.0 Å². The van der Waals surface area contributed by atoms with Crippen molar-refractivity contribution in [3.63, 3.8) is 0 Å². The van der Waals surface area contributed by atoms with Gasteiger partial charge < -0.3 is 10.3 Å². The number of halogens is 1. The highest BCUT2D eigenvalue weighted by Crippen LogP contribution is 2.25. The zero-order chi connectivity index (χ0) is 13.4. The molecule has 3 aromatic rings. The summed E-state index contributed by atoms with van der Waals surface area (Å²) in [4.78, 5) is 8.56. The molecule has 0 atom stereocenters. The summed E-state index contributed by atoms with van der Waals surface area (Å²) >= 11 is 0. The van der Waals surface area contributed by atoms with Crippen molar-refractivity contribution in [3.05, 3.63) is 42.3 Å². The van der Waals surface area contributed by atoms with Crippen LogP contribution < -0.4 is 5.73 Å². The molecule has 2 heterocycles. The minimum Gasteiger partial charge on any atom is -0.384 e. The lowest BCUT2D eigenvalue weighted by atomic mass is 10.2. The maximum absolute atomic E-state index is 13.3. The first-order valence-corrected chi connectivity index (χ1v) is 6.06. The Labute approximate surface area is 109 Å². The van der Waals surface area contributed by atoms with Gasteiger partial charge in [-0.15, -0.1) is 0 Å². The van der Waals surface area contributed by atoms with Crippen molar-refractivity contribution in [3.8, 4) is 11.4 Å². The molecule has 0 saturated carbocycles. The predicted molar refractivity (Wildman–Crippen MR) is 73.0 cm³/mol. The monoisotopic (exact) mass is 256 g/mol. The molecule has 0 spiro atoms. The molecule has 0 bridgehead atoms. The molecule has 3 rings (SSSR count). The Morgan fingerprint density at radius 1 is 1.26 bits per heavy atom. The van der Waals surface area contributed by atoms with Crippen LogP contribution in [0.15, 0.2) is 36.5 Å². The zero-order valence-corrected chi connectivity index (χ0v) is 10.5. The van der Waals surface area contributed by atoms with Gasteiger partial charge in [-0.05, 0) is 31.2 Å². The second kappa shape index (κ2) is 4.35. The molecule has 0 aliphatic rings. The number of pyridine rings is 1. The van der Waals surface area contributed by atoms with Crippen LogP contribution in [0.1, 0.15) is 6.92 Å².